The number of pyridine rings is 1. The van der Waals surface area contributed by atoms with Gasteiger partial charge in [-0.05, 0) is 49.7 Å². The summed E-state index contributed by atoms with van der Waals surface area (Å²) in [5.74, 6) is -0.359. The zero-order valence-corrected chi connectivity index (χ0v) is 15.5. The highest BCUT2D eigenvalue weighted by molar-refractivity contribution is 5.92. The molecule has 2 aromatic rings. The van der Waals surface area contributed by atoms with Crippen molar-refractivity contribution in [2.45, 2.75) is 24.8 Å². The van der Waals surface area contributed by atoms with Crippen LogP contribution in [0.15, 0.2) is 42.6 Å². The molecule has 1 fully saturated rings. The first-order chi connectivity index (χ1) is 13.5. The van der Waals surface area contributed by atoms with Gasteiger partial charge in [-0.25, -0.2) is 4.98 Å². The third-order valence-corrected chi connectivity index (χ3v) is 5.84. The topological polar surface area (TPSA) is 109 Å². The molecule has 0 aliphatic carbocycles. The quantitative estimate of drug-likeness (QED) is 0.731. The average molecular weight is 380 g/mol. The molecule has 0 bridgehead atoms. The highest BCUT2D eigenvalue weighted by atomic mass is 16.4. The molecule has 7 heteroatoms. The van der Waals surface area contributed by atoms with E-state index in [9.17, 15) is 14.7 Å². The molecule has 3 heterocycles. The predicted octanol–water partition coefficient (Wildman–Crippen LogP) is 1.90. The number of hydrogen-bond acceptors (Lipinski definition) is 5. The first-order valence-electron chi connectivity index (χ1n) is 9.59. The van der Waals surface area contributed by atoms with E-state index >= 15 is 0 Å². The molecule has 1 saturated heterocycles. The molecule has 28 heavy (non-hydrogen) atoms. The maximum Gasteiger partial charge on any atom is 0.306 e. The van der Waals surface area contributed by atoms with E-state index in [4.69, 9.17) is 5.73 Å². The number of nitrogens with one attached hydrogen (secondary N) is 1. The zero-order chi connectivity index (χ0) is 19.7. The van der Waals surface area contributed by atoms with E-state index < -0.39 is 11.9 Å². The number of nitrogens with zero attached hydrogens (tertiary/aromatic N) is 2. The van der Waals surface area contributed by atoms with Gasteiger partial charge in [-0.3, -0.25) is 9.59 Å². The summed E-state index contributed by atoms with van der Waals surface area (Å²) in [5, 5.41) is 12.7. The summed E-state index contributed by atoms with van der Waals surface area (Å²) in [7, 11) is 0. The number of carbonyl (C=O) groups is 2. The Balaban J connectivity index is 1.55. The lowest BCUT2D eigenvalue weighted by Crippen LogP contribution is -2.43. The number of piperidine rings is 1. The lowest BCUT2D eigenvalue weighted by molar-refractivity contribution is -0.143. The maximum atomic E-state index is 11.4. The van der Waals surface area contributed by atoms with Crippen molar-refractivity contribution in [3.8, 4) is 0 Å². The second-order valence-corrected chi connectivity index (χ2v) is 7.57. The number of amides is 1. The molecule has 1 aromatic heterocycles. The van der Waals surface area contributed by atoms with Gasteiger partial charge in [0.1, 0.15) is 5.82 Å². The van der Waals surface area contributed by atoms with E-state index in [2.05, 4.69) is 21.3 Å². The van der Waals surface area contributed by atoms with Gasteiger partial charge in [0, 0.05) is 29.8 Å². The summed E-state index contributed by atoms with van der Waals surface area (Å²) < 4.78 is 0. The van der Waals surface area contributed by atoms with E-state index in [1.807, 2.05) is 18.2 Å². The molecule has 1 amide bonds. The lowest BCUT2D eigenvalue weighted by atomic mass is 9.87. The molecule has 2 unspecified atom stereocenters. The normalized spacial score (nSPS) is 22.4. The molecule has 0 spiro atoms. The molecule has 146 valence electrons. The number of carboxylic acid groups (broad SMARTS) is 1. The molecule has 1 aromatic carbocycles. The van der Waals surface area contributed by atoms with Gasteiger partial charge >= 0.3 is 5.97 Å². The Kier molecular flexibility index (Phi) is 5.00. The predicted molar refractivity (Wildman–Crippen MR) is 105 cm³/mol. The fourth-order valence-corrected chi connectivity index (χ4v) is 4.32. The second kappa shape index (κ2) is 7.59. The molecular formula is C21H24N4O3. The van der Waals surface area contributed by atoms with Crippen molar-refractivity contribution in [1.29, 1.82) is 0 Å². The number of nitrogens with two attached hydrogens (primary N) is 1. The standard InChI is InChI=1S/C21H24N4O3/c22-19(26)14-5-3-13(4-6-14)18-16-2-1-9-23-20(16)24-17(18)12-25-10-7-15(8-11-25)21(27)28/h1-6,9,15,17-18H,7-8,10-12H2,(H2,22,26)(H,23,24)(H,27,28). The van der Waals surface area contributed by atoms with E-state index in [1.165, 1.54) is 0 Å². The van der Waals surface area contributed by atoms with Gasteiger partial charge in [0.2, 0.25) is 5.91 Å². The lowest BCUT2D eigenvalue weighted by Gasteiger charge is -2.33. The zero-order valence-electron chi connectivity index (χ0n) is 15.5. The minimum absolute atomic E-state index is 0.114. The fraction of sp³-hybridized carbons (Fsp3) is 0.381. The van der Waals surface area contributed by atoms with E-state index in [0.717, 1.165) is 36.6 Å². The highest BCUT2D eigenvalue weighted by Gasteiger charge is 2.36. The van der Waals surface area contributed by atoms with Crippen LogP contribution in [0.4, 0.5) is 5.82 Å². The van der Waals surface area contributed by atoms with Crippen LogP contribution in [0.2, 0.25) is 0 Å². The van der Waals surface area contributed by atoms with Crippen molar-refractivity contribution >= 4 is 17.7 Å². The summed E-state index contributed by atoms with van der Waals surface area (Å²) >= 11 is 0. The van der Waals surface area contributed by atoms with E-state index in [1.54, 1.807) is 18.3 Å². The van der Waals surface area contributed by atoms with Crippen molar-refractivity contribution in [2.75, 3.05) is 25.0 Å². The Morgan fingerprint density at radius 2 is 1.89 bits per heavy atom. The summed E-state index contributed by atoms with van der Waals surface area (Å²) in [4.78, 5) is 29.4. The summed E-state index contributed by atoms with van der Waals surface area (Å²) in [6.45, 7) is 2.38. The number of likely N-dealkylation sites (tertiary alicyclic amines) is 1. The average Bonchev–Trinajstić information content (AvgIpc) is 3.06. The van der Waals surface area contributed by atoms with Crippen molar-refractivity contribution in [3.63, 3.8) is 0 Å². The van der Waals surface area contributed by atoms with Gasteiger partial charge in [0.15, 0.2) is 0 Å². The number of carbonyl (C=O) groups excluding carboxylic acids is 1. The minimum atomic E-state index is -0.692. The molecule has 2 aliphatic rings. The van der Waals surface area contributed by atoms with Crippen molar-refractivity contribution in [1.82, 2.24) is 9.88 Å². The maximum absolute atomic E-state index is 11.4. The van der Waals surface area contributed by atoms with Gasteiger partial charge < -0.3 is 21.1 Å². The second-order valence-electron chi connectivity index (χ2n) is 7.57. The van der Waals surface area contributed by atoms with Crippen LogP contribution in [0.5, 0.6) is 0 Å². The van der Waals surface area contributed by atoms with Crippen LogP contribution in [0.1, 0.15) is 40.2 Å². The molecule has 4 N–H and O–H groups in total. The van der Waals surface area contributed by atoms with Crippen molar-refractivity contribution in [3.05, 3.63) is 59.3 Å². The van der Waals surface area contributed by atoms with Gasteiger partial charge in [-0.2, -0.15) is 0 Å². The van der Waals surface area contributed by atoms with Gasteiger partial charge in [0.25, 0.3) is 0 Å². The smallest absolute Gasteiger partial charge is 0.306 e. The first kappa shape index (κ1) is 18.4. The third-order valence-electron chi connectivity index (χ3n) is 5.84. The number of fused-ring (bicyclic) bond motifs is 1. The van der Waals surface area contributed by atoms with Crippen molar-refractivity contribution in [2.24, 2.45) is 11.7 Å². The molecule has 2 atom stereocenters. The molecule has 2 aliphatic heterocycles. The van der Waals surface area contributed by atoms with Crippen LogP contribution in [0, 0.1) is 5.92 Å². The van der Waals surface area contributed by atoms with E-state index in [-0.39, 0.29) is 17.9 Å². The number of aromatic nitrogens is 1. The SMILES string of the molecule is NC(=O)c1ccc(C2c3cccnc3NC2CN2CCC(C(=O)O)CC2)cc1. The van der Waals surface area contributed by atoms with Crippen LogP contribution < -0.4 is 11.1 Å². The minimum Gasteiger partial charge on any atom is -0.481 e. The van der Waals surface area contributed by atoms with Gasteiger partial charge in [0.05, 0.1) is 12.0 Å². The largest absolute Gasteiger partial charge is 0.481 e. The summed E-state index contributed by atoms with van der Waals surface area (Å²) in [5.41, 5.74) is 8.11. The number of benzene rings is 1. The fourth-order valence-electron chi connectivity index (χ4n) is 4.32. The Hall–Kier alpha value is -2.93. The molecule has 0 saturated carbocycles. The van der Waals surface area contributed by atoms with Gasteiger partial charge in [-0.1, -0.05) is 18.2 Å². The number of aliphatic carboxylic acids is 1. The molecule has 0 radical (unpaired) electrons. The molecule has 7 nitrogen and oxygen atoms in total. The Morgan fingerprint density at radius 1 is 1.18 bits per heavy atom. The van der Waals surface area contributed by atoms with Crippen LogP contribution in [0.3, 0.4) is 0 Å². The number of anilines is 1. The summed E-state index contributed by atoms with van der Waals surface area (Å²) in [6.07, 6.45) is 3.15. The number of primary amides is 1. The Morgan fingerprint density at radius 3 is 2.54 bits per heavy atom. The van der Waals surface area contributed by atoms with E-state index in [0.29, 0.717) is 18.4 Å². The number of hydrogen-bond donors (Lipinski definition) is 3. The van der Waals surface area contributed by atoms with Crippen LogP contribution >= 0.6 is 0 Å². The highest BCUT2D eigenvalue weighted by Crippen LogP contribution is 2.39. The monoisotopic (exact) mass is 380 g/mol. The van der Waals surface area contributed by atoms with Crippen LogP contribution in [-0.4, -0.2) is 52.5 Å². The van der Waals surface area contributed by atoms with Crippen LogP contribution in [0.25, 0.3) is 0 Å². The first-order valence-corrected chi connectivity index (χ1v) is 9.59. The third kappa shape index (κ3) is 3.57. The molecular weight excluding hydrogens is 356 g/mol. The van der Waals surface area contributed by atoms with Crippen LogP contribution in [-0.2, 0) is 4.79 Å². The molecule has 4 rings (SSSR count). The summed E-state index contributed by atoms with van der Waals surface area (Å²) in [6, 6.07) is 11.6. The number of carboxylic acids is 1. The Labute approximate surface area is 163 Å². The van der Waals surface area contributed by atoms with Gasteiger partial charge in [-0.15, -0.1) is 0 Å². The van der Waals surface area contributed by atoms with Crippen molar-refractivity contribution < 1.29 is 14.7 Å². The number of rotatable bonds is 5. The Bertz CT molecular complexity index is 875.